The third-order valence-electron chi connectivity index (χ3n) is 3.80. The van der Waals surface area contributed by atoms with Gasteiger partial charge in [0.25, 0.3) is 0 Å². The maximum Gasteiger partial charge on any atom is 0.342 e. The van der Waals surface area contributed by atoms with Crippen molar-refractivity contribution in [2.45, 2.75) is 20.5 Å². The number of ether oxygens (including phenoxy) is 2. The number of furan rings is 1. The summed E-state index contributed by atoms with van der Waals surface area (Å²) in [5.74, 6) is 0.375. The van der Waals surface area contributed by atoms with Gasteiger partial charge in [-0.05, 0) is 25.1 Å². The van der Waals surface area contributed by atoms with Crippen molar-refractivity contribution in [3.63, 3.8) is 0 Å². The molecule has 140 valence electrons. The predicted octanol–water partition coefficient (Wildman–Crippen LogP) is 4.09. The van der Waals surface area contributed by atoms with Crippen LogP contribution < -0.4 is 9.64 Å². The van der Waals surface area contributed by atoms with Crippen LogP contribution in [0, 0.1) is 6.92 Å². The van der Waals surface area contributed by atoms with Gasteiger partial charge in [-0.25, -0.2) is 9.78 Å². The Balaban J connectivity index is 1.77. The zero-order valence-electron chi connectivity index (χ0n) is 15.1. The van der Waals surface area contributed by atoms with Crippen molar-refractivity contribution in [3.8, 4) is 5.75 Å². The Morgan fingerprint density at radius 3 is 2.70 bits per heavy atom. The van der Waals surface area contributed by atoms with Crippen molar-refractivity contribution in [1.29, 1.82) is 0 Å². The van der Waals surface area contributed by atoms with E-state index in [2.05, 4.69) is 4.98 Å². The maximum absolute atomic E-state index is 12.2. The van der Waals surface area contributed by atoms with Gasteiger partial charge in [-0.15, -0.1) is 11.3 Å². The Hall–Kier alpha value is -3.13. The lowest BCUT2D eigenvalue weighted by Crippen LogP contribution is -2.23. The number of aryl methyl sites for hydroxylation is 1. The molecule has 0 spiro atoms. The number of amides is 1. The number of carbonyl (C=O) groups excluding carboxylic acids is 2. The first-order valence-corrected chi connectivity index (χ1v) is 8.98. The largest absolute Gasteiger partial charge is 0.495 e. The van der Waals surface area contributed by atoms with Crippen LogP contribution in [0.4, 0.5) is 10.8 Å². The minimum atomic E-state index is -0.482. The predicted molar refractivity (Wildman–Crippen MR) is 100 cm³/mol. The Kier molecular flexibility index (Phi) is 5.56. The second-order valence-electron chi connectivity index (χ2n) is 5.61. The van der Waals surface area contributed by atoms with Crippen molar-refractivity contribution in [3.05, 3.63) is 59.0 Å². The van der Waals surface area contributed by atoms with E-state index < -0.39 is 5.97 Å². The first-order valence-electron chi connectivity index (χ1n) is 8.10. The van der Waals surface area contributed by atoms with Gasteiger partial charge in [0.2, 0.25) is 5.91 Å². The van der Waals surface area contributed by atoms with Crippen LogP contribution in [0.15, 0.2) is 46.4 Å². The molecule has 0 bridgehead atoms. The highest BCUT2D eigenvalue weighted by Gasteiger charge is 2.21. The fourth-order valence-corrected chi connectivity index (χ4v) is 3.37. The summed E-state index contributed by atoms with van der Waals surface area (Å²) in [5, 5.41) is 2.22. The van der Waals surface area contributed by atoms with Crippen LogP contribution in [-0.2, 0) is 16.1 Å². The summed E-state index contributed by atoms with van der Waals surface area (Å²) in [5.41, 5.74) is 1.52. The lowest BCUT2D eigenvalue weighted by molar-refractivity contribution is -0.115. The van der Waals surface area contributed by atoms with Crippen LogP contribution in [0.2, 0.25) is 0 Å². The third-order valence-corrected chi connectivity index (χ3v) is 4.68. The number of para-hydroxylation sites is 2. The van der Waals surface area contributed by atoms with E-state index in [-0.39, 0.29) is 12.5 Å². The number of rotatable bonds is 6. The topological polar surface area (TPSA) is 81.9 Å². The number of hydrogen-bond donors (Lipinski definition) is 0. The van der Waals surface area contributed by atoms with Gasteiger partial charge < -0.3 is 13.9 Å². The van der Waals surface area contributed by atoms with Crippen molar-refractivity contribution in [2.24, 2.45) is 0 Å². The molecule has 0 aliphatic carbocycles. The van der Waals surface area contributed by atoms with E-state index in [0.717, 1.165) is 0 Å². The molecule has 3 aromatic rings. The number of esters is 1. The van der Waals surface area contributed by atoms with E-state index >= 15 is 0 Å². The molecule has 0 atom stereocenters. The molecule has 0 radical (unpaired) electrons. The van der Waals surface area contributed by atoms with Crippen molar-refractivity contribution in [1.82, 2.24) is 4.98 Å². The molecular formula is C19H18N2O5S. The monoisotopic (exact) mass is 386 g/mol. The molecule has 0 unspecified atom stereocenters. The molecule has 8 heteroatoms. The summed E-state index contributed by atoms with van der Waals surface area (Å²) in [7, 11) is 1.54. The average Bonchev–Trinajstić information content (AvgIpc) is 3.29. The first kappa shape index (κ1) is 18.7. The molecule has 7 nitrogen and oxygen atoms in total. The quantitative estimate of drug-likeness (QED) is 0.594. The Morgan fingerprint density at radius 1 is 1.26 bits per heavy atom. The summed E-state index contributed by atoms with van der Waals surface area (Å²) in [4.78, 5) is 30.2. The highest BCUT2D eigenvalue weighted by Crippen LogP contribution is 2.35. The molecule has 2 heterocycles. The lowest BCUT2D eigenvalue weighted by atomic mass is 10.2. The van der Waals surface area contributed by atoms with Crippen LogP contribution in [-0.4, -0.2) is 24.0 Å². The zero-order valence-corrected chi connectivity index (χ0v) is 15.9. The van der Waals surface area contributed by atoms with Gasteiger partial charge in [0.1, 0.15) is 23.7 Å². The highest BCUT2D eigenvalue weighted by molar-refractivity contribution is 7.14. The summed E-state index contributed by atoms with van der Waals surface area (Å²) in [6, 6.07) is 8.75. The van der Waals surface area contributed by atoms with E-state index in [9.17, 15) is 9.59 Å². The van der Waals surface area contributed by atoms with Crippen molar-refractivity contribution < 1.29 is 23.5 Å². The Bertz CT molecular complexity index is 962. The van der Waals surface area contributed by atoms with E-state index in [1.54, 1.807) is 37.6 Å². The number of aromatic nitrogens is 1. The molecule has 3 rings (SSSR count). The Morgan fingerprint density at radius 2 is 2.04 bits per heavy atom. The molecule has 0 N–H and O–H groups in total. The number of benzene rings is 1. The number of hydrogen-bond acceptors (Lipinski definition) is 7. The highest BCUT2D eigenvalue weighted by atomic mass is 32.1. The number of anilines is 2. The SMILES string of the molecule is COc1ccccc1N(C(C)=O)c1nc(COC(=O)c2ccoc2C)cs1. The van der Waals surface area contributed by atoms with Gasteiger partial charge in [-0.1, -0.05) is 12.1 Å². The lowest BCUT2D eigenvalue weighted by Gasteiger charge is -2.20. The smallest absolute Gasteiger partial charge is 0.342 e. The van der Waals surface area contributed by atoms with Gasteiger partial charge >= 0.3 is 5.97 Å². The molecule has 0 aliphatic heterocycles. The molecule has 0 saturated carbocycles. The van der Waals surface area contributed by atoms with Gasteiger partial charge in [-0.3, -0.25) is 9.69 Å². The van der Waals surface area contributed by atoms with Gasteiger partial charge in [0.05, 0.1) is 24.8 Å². The fourth-order valence-electron chi connectivity index (χ4n) is 2.50. The minimum Gasteiger partial charge on any atom is -0.495 e. The second kappa shape index (κ2) is 8.05. The first-order chi connectivity index (χ1) is 13.0. The zero-order chi connectivity index (χ0) is 19.4. The standard InChI is InChI=1S/C19H18N2O5S/c1-12-15(8-9-25-12)18(23)26-10-14-11-27-19(20-14)21(13(2)22)16-6-4-5-7-17(16)24-3/h4-9,11H,10H2,1-3H3. The fraction of sp³-hybridized carbons (Fsp3) is 0.211. The van der Waals surface area contributed by atoms with Crippen LogP contribution in [0.1, 0.15) is 28.7 Å². The average molecular weight is 386 g/mol. The van der Waals surface area contributed by atoms with Crippen LogP contribution in [0.5, 0.6) is 5.75 Å². The molecule has 1 amide bonds. The minimum absolute atomic E-state index is 0.00236. The molecule has 0 aliphatic rings. The van der Waals surface area contributed by atoms with Crippen molar-refractivity contribution >= 4 is 34.0 Å². The van der Waals surface area contributed by atoms with E-state index in [4.69, 9.17) is 13.9 Å². The van der Waals surface area contributed by atoms with Gasteiger partial charge in [0.15, 0.2) is 5.13 Å². The summed E-state index contributed by atoms with van der Waals surface area (Å²) >= 11 is 1.28. The second-order valence-corrected chi connectivity index (χ2v) is 6.45. The molecule has 27 heavy (non-hydrogen) atoms. The van der Waals surface area contributed by atoms with Gasteiger partial charge in [0, 0.05) is 12.3 Å². The number of methoxy groups -OCH3 is 1. The number of thiazole rings is 1. The van der Waals surface area contributed by atoms with Gasteiger partial charge in [-0.2, -0.15) is 0 Å². The number of carbonyl (C=O) groups is 2. The Labute approximate surface area is 160 Å². The molecule has 2 aromatic heterocycles. The van der Waals surface area contributed by atoms with E-state index in [0.29, 0.717) is 33.6 Å². The normalized spacial score (nSPS) is 10.5. The molecule has 0 fully saturated rings. The van der Waals surface area contributed by atoms with E-state index in [1.165, 1.54) is 29.4 Å². The summed E-state index contributed by atoms with van der Waals surface area (Å²) < 4.78 is 15.7. The van der Waals surface area contributed by atoms with Crippen molar-refractivity contribution in [2.75, 3.05) is 12.0 Å². The van der Waals surface area contributed by atoms with Crippen LogP contribution in [0.3, 0.4) is 0 Å². The van der Waals surface area contributed by atoms with Crippen LogP contribution >= 0.6 is 11.3 Å². The van der Waals surface area contributed by atoms with E-state index in [1.807, 2.05) is 12.1 Å². The number of nitrogens with zero attached hydrogens (tertiary/aromatic N) is 2. The maximum atomic E-state index is 12.2. The molecule has 0 saturated heterocycles. The van der Waals surface area contributed by atoms with Crippen LogP contribution in [0.25, 0.3) is 0 Å². The third kappa shape index (κ3) is 4.01. The summed E-state index contributed by atoms with van der Waals surface area (Å²) in [6.07, 6.45) is 1.44. The summed E-state index contributed by atoms with van der Waals surface area (Å²) in [6.45, 7) is 3.14. The molecule has 1 aromatic carbocycles. The molecular weight excluding hydrogens is 368 g/mol.